The molecule has 0 heterocycles. The number of urea groups is 1. The number of hydrogen-bond acceptors (Lipinski definition) is 4. The number of imide groups is 1. The fourth-order valence-corrected chi connectivity index (χ4v) is 1.58. The SMILES string of the molecule is CCCCNC(=O)NC(=O)CSC(C)(C)C(=O)O. The number of carboxylic acid groups (broad SMARTS) is 1. The van der Waals surface area contributed by atoms with E-state index in [4.69, 9.17) is 5.11 Å². The van der Waals surface area contributed by atoms with E-state index in [2.05, 4.69) is 10.6 Å². The average molecular weight is 276 g/mol. The summed E-state index contributed by atoms with van der Waals surface area (Å²) in [7, 11) is 0. The number of amides is 3. The maximum Gasteiger partial charge on any atom is 0.321 e. The highest BCUT2D eigenvalue weighted by Gasteiger charge is 2.28. The van der Waals surface area contributed by atoms with Gasteiger partial charge in [-0.2, -0.15) is 0 Å². The minimum atomic E-state index is -1.05. The van der Waals surface area contributed by atoms with E-state index in [-0.39, 0.29) is 5.75 Å². The Kier molecular flexibility index (Phi) is 7.42. The molecule has 3 amide bonds. The van der Waals surface area contributed by atoms with E-state index in [1.807, 2.05) is 6.92 Å². The molecule has 18 heavy (non-hydrogen) atoms. The number of thioether (sulfide) groups is 1. The lowest BCUT2D eigenvalue weighted by molar-refractivity contribution is -0.138. The van der Waals surface area contributed by atoms with Gasteiger partial charge in [-0.3, -0.25) is 14.9 Å². The van der Waals surface area contributed by atoms with Crippen LogP contribution in [0.1, 0.15) is 33.6 Å². The Labute approximate surface area is 111 Å². The van der Waals surface area contributed by atoms with Crippen molar-refractivity contribution in [1.29, 1.82) is 0 Å². The molecule has 0 saturated carbocycles. The molecule has 3 N–H and O–H groups in total. The minimum absolute atomic E-state index is 0.0690. The molecule has 0 atom stereocenters. The molecule has 0 saturated heterocycles. The molecular weight excluding hydrogens is 256 g/mol. The quantitative estimate of drug-likeness (QED) is 0.607. The number of rotatable bonds is 7. The average Bonchev–Trinajstić information content (AvgIpc) is 2.26. The highest BCUT2D eigenvalue weighted by Crippen LogP contribution is 2.23. The molecule has 104 valence electrons. The highest BCUT2D eigenvalue weighted by atomic mass is 32.2. The fraction of sp³-hybridized carbons (Fsp3) is 0.727. The number of nitrogens with one attached hydrogen (secondary N) is 2. The second kappa shape index (κ2) is 7.97. The zero-order valence-electron chi connectivity index (χ0n) is 10.9. The van der Waals surface area contributed by atoms with E-state index in [9.17, 15) is 14.4 Å². The van der Waals surface area contributed by atoms with Crippen LogP contribution in [0.3, 0.4) is 0 Å². The smallest absolute Gasteiger partial charge is 0.321 e. The standard InChI is InChI=1S/C11H20N2O4S/c1-4-5-6-12-10(17)13-8(14)7-18-11(2,3)9(15)16/h4-7H2,1-3H3,(H,15,16)(H2,12,13,14,17). The normalized spacial score (nSPS) is 10.8. The van der Waals surface area contributed by atoms with E-state index in [1.54, 1.807) is 0 Å². The van der Waals surface area contributed by atoms with E-state index in [0.29, 0.717) is 6.54 Å². The maximum absolute atomic E-state index is 11.4. The maximum atomic E-state index is 11.4. The van der Waals surface area contributed by atoms with Crippen molar-refractivity contribution in [1.82, 2.24) is 10.6 Å². The molecule has 0 bridgehead atoms. The molecule has 0 unspecified atom stereocenters. The summed E-state index contributed by atoms with van der Waals surface area (Å²) in [5, 5.41) is 13.5. The summed E-state index contributed by atoms with van der Waals surface area (Å²) in [6.45, 7) is 5.53. The van der Waals surface area contributed by atoms with Crippen LogP contribution in [-0.2, 0) is 9.59 Å². The van der Waals surface area contributed by atoms with Crippen LogP contribution in [0.15, 0.2) is 0 Å². The third-order valence-corrected chi connectivity index (χ3v) is 3.45. The molecule has 0 aromatic heterocycles. The largest absolute Gasteiger partial charge is 0.480 e. The number of carbonyl (C=O) groups excluding carboxylic acids is 2. The van der Waals surface area contributed by atoms with Gasteiger partial charge in [0.1, 0.15) is 4.75 Å². The molecule has 0 aliphatic carbocycles. The number of carboxylic acids is 1. The van der Waals surface area contributed by atoms with Gasteiger partial charge in [0.2, 0.25) is 5.91 Å². The monoisotopic (exact) mass is 276 g/mol. The van der Waals surface area contributed by atoms with Crippen LogP contribution in [0.5, 0.6) is 0 Å². The van der Waals surface area contributed by atoms with E-state index in [0.717, 1.165) is 24.6 Å². The van der Waals surface area contributed by atoms with Crippen LogP contribution in [0, 0.1) is 0 Å². The van der Waals surface area contributed by atoms with Crippen LogP contribution in [-0.4, -0.2) is 40.1 Å². The van der Waals surface area contributed by atoms with Crippen LogP contribution in [0.2, 0.25) is 0 Å². The van der Waals surface area contributed by atoms with Crippen molar-refractivity contribution in [3.8, 4) is 0 Å². The van der Waals surface area contributed by atoms with Gasteiger partial charge in [0.05, 0.1) is 5.75 Å². The molecule has 0 aromatic carbocycles. The molecule has 0 aliphatic heterocycles. The fourth-order valence-electron chi connectivity index (χ4n) is 0.893. The summed E-state index contributed by atoms with van der Waals surface area (Å²) >= 11 is 0.974. The Bertz CT molecular complexity index is 318. The first-order chi connectivity index (χ1) is 8.29. The second-order valence-electron chi connectivity index (χ2n) is 4.26. The van der Waals surface area contributed by atoms with Crippen LogP contribution in [0.4, 0.5) is 4.79 Å². The Morgan fingerprint density at radius 3 is 2.39 bits per heavy atom. The first kappa shape index (κ1) is 16.8. The topological polar surface area (TPSA) is 95.5 Å². The van der Waals surface area contributed by atoms with E-state index >= 15 is 0 Å². The van der Waals surface area contributed by atoms with Crippen molar-refractivity contribution in [2.45, 2.75) is 38.4 Å². The summed E-state index contributed by atoms with van der Waals surface area (Å²) < 4.78 is -1.05. The van der Waals surface area contributed by atoms with Gasteiger partial charge in [-0.15, -0.1) is 11.8 Å². The predicted molar refractivity (Wildman–Crippen MR) is 70.6 cm³/mol. The van der Waals surface area contributed by atoms with Crippen LogP contribution in [0.25, 0.3) is 0 Å². The molecule has 6 nitrogen and oxygen atoms in total. The summed E-state index contributed by atoms with van der Waals surface area (Å²) in [6.07, 6.45) is 1.80. The van der Waals surface area contributed by atoms with E-state index < -0.39 is 22.7 Å². The molecule has 0 rings (SSSR count). The van der Waals surface area contributed by atoms with Gasteiger partial charge < -0.3 is 10.4 Å². The summed E-state index contributed by atoms with van der Waals surface area (Å²) in [5.41, 5.74) is 0. The van der Waals surface area contributed by atoms with Crippen molar-refractivity contribution < 1.29 is 19.5 Å². The van der Waals surface area contributed by atoms with Crippen molar-refractivity contribution in [2.75, 3.05) is 12.3 Å². The number of unbranched alkanes of at least 4 members (excludes halogenated alkanes) is 1. The van der Waals surface area contributed by atoms with Gasteiger partial charge in [0, 0.05) is 6.54 Å². The third-order valence-electron chi connectivity index (χ3n) is 2.15. The molecule has 0 fully saturated rings. The Hall–Kier alpha value is -1.24. The first-order valence-electron chi connectivity index (χ1n) is 5.74. The van der Waals surface area contributed by atoms with E-state index in [1.165, 1.54) is 13.8 Å². The van der Waals surface area contributed by atoms with Crippen molar-refractivity contribution in [2.24, 2.45) is 0 Å². The van der Waals surface area contributed by atoms with Gasteiger partial charge in [-0.25, -0.2) is 4.79 Å². The van der Waals surface area contributed by atoms with Gasteiger partial charge in [0.15, 0.2) is 0 Å². The second-order valence-corrected chi connectivity index (χ2v) is 5.86. The minimum Gasteiger partial charge on any atom is -0.480 e. The zero-order chi connectivity index (χ0) is 14.2. The number of carbonyl (C=O) groups is 3. The lowest BCUT2D eigenvalue weighted by atomic mass is 10.2. The van der Waals surface area contributed by atoms with Crippen molar-refractivity contribution in [3.63, 3.8) is 0 Å². The molecule has 0 aliphatic rings. The van der Waals surface area contributed by atoms with Crippen molar-refractivity contribution >= 4 is 29.7 Å². The van der Waals surface area contributed by atoms with Crippen LogP contribution < -0.4 is 10.6 Å². The Balaban J connectivity index is 3.91. The molecule has 0 spiro atoms. The molecule has 0 aromatic rings. The summed E-state index contributed by atoms with van der Waals surface area (Å²) in [4.78, 5) is 33.4. The highest BCUT2D eigenvalue weighted by molar-refractivity contribution is 8.01. The predicted octanol–water partition coefficient (Wildman–Crippen LogP) is 1.21. The molecular formula is C11H20N2O4S. The first-order valence-corrected chi connectivity index (χ1v) is 6.73. The van der Waals surface area contributed by atoms with Crippen molar-refractivity contribution in [3.05, 3.63) is 0 Å². The van der Waals surface area contributed by atoms with Gasteiger partial charge in [-0.05, 0) is 20.3 Å². The lowest BCUT2D eigenvalue weighted by Gasteiger charge is -2.17. The number of hydrogen-bond donors (Lipinski definition) is 3. The van der Waals surface area contributed by atoms with Gasteiger partial charge >= 0.3 is 12.0 Å². The Morgan fingerprint density at radius 2 is 1.89 bits per heavy atom. The lowest BCUT2D eigenvalue weighted by Crippen LogP contribution is -2.41. The van der Waals surface area contributed by atoms with Crippen LogP contribution >= 0.6 is 11.8 Å². The Morgan fingerprint density at radius 1 is 1.28 bits per heavy atom. The number of aliphatic carboxylic acids is 1. The zero-order valence-corrected chi connectivity index (χ0v) is 11.7. The molecule has 0 radical (unpaired) electrons. The molecule has 7 heteroatoms. The summed E-state index contributed by atoms with van der Waals surface area (Å²) in [5.74, 6) is -1.56. The van der Waals surface area contributed by atoms with Gasteiger partial charge in [0.25, 0.3) is 0 Å². The van der Waals surface area contributed by atoms with Gasteiger partial charge in [-0.1, -0.05) is 13.3 Å². The summed E-state index contributed by atoms with van der Waals surface area (Å²) in [6, 6.07) is -0.540. The third kappa shape index (κ3) is 7.16.